The molecule has 9 heteroatoms. The number of benzene rings is 2. The van der Waals surface area contributed by atoms with Gasteiger partial charge in [-0.15, -0.1) is 0 Å². The summed E-state index contributed by atoms with van der Waals surface area (Å²) in [6, 6.07) is 7.52. The SMILES string of the molecule is COC(=O)c1ccc(NS(=O)(=O)c2cc(Cl)cc(Cl)c2)cc1O. The van der Waals surface area contributed by atoms with E-state index in [1.165, 1.54) is 37.4 Å². The van der Waals surface area contributed by atoms with Crippen LogP contribution >= 0.6 is 23.2 Å². The van der Waals surface area contributed by atoms with Crippen LogP contribution in [-0.2, 0) is 14.8 Å². The molecular formula is C14H11Cl2NO5S. The van der Waals surface area contributed by atoms with Crippen molar-refractivity contribution >= 4 is 44.9 Å². The second kappa shape index (κ2) is 6.66. The van der Waals surface area contributed by atoms with Crippen LogP contribution in [0, 0.1) is 0 Å². The van der Waals surface area contributed by atoms with E-state index in [0.29, 0.717) is 0 Å². The fraction of sp³-hybridized carbons (Fsp3) is 0.0714. The van der Waals surface area contributed by atoms with Crippen LogP contribution in [0.1, 0.15) is 10.4 Å². The van der Waals surface area contributed by atoms with Crippen LogP contribution in [0.3, 0.4) is 0 Å². The Hall–Kier alpha value is -1.96. The molecule has 0 aromatic heterocycles. The molecule has 122 valence electrons. The molecule has 23 heavy (non-hydrogen) atoms. The molecule has 0 heterocycles. The third kappa shape index (κ3) is 4.07. The van der Waals surface area contributed by atoms with E-state index in [1.807, 2.05) is 0 Å². The number of phenols is 1. The number of halogens is 2. The van der Waals surface area contributed by atoms with Crippen molar-refractivity contribution in [3.05, 3.63) is 52.0 Å². The number of esters is 1. The molecule has 0 amide bonds. The second-order valence-electron chi connectivity index (χ2n) is 4.43. The van der Waals surface area contributed by atoms with E-state index < -0.39 is 21.7 Å². The van der Waals surface area contributed by atoms with E-state index in [0.717, 1.165) is 6.07 Å². The molecule has 0 aliphatic rings. The molecule has 0 fully saturated rings. The minimum atomic E-state index is -3.96. The average Bonchev–Trinajstić information content (AvgIpc) is 2.45. The zero-order valence-corrected chi connectivity index (χ0v) is 14.0. The lowest BCUT2D eigenvalue weighted by Gasteiger charge is -2.10. The van der Waals surface area contributed by atoms with Crippen molar-refractivity contribution in [2.75, 3.05) is 11.8 Å². The zero-order valence-electron chi connectivity index (χ0n) is 11.7. The van der Waals surface area contributed by atoms with Crippen LogP contribution in [0.2, 0.25) is 10.0 Å². The first-order chi connectivity index (χ1) is 10.7. The van der Waals surface area contributed by atoms with Gasteiger partial charge in [0.25, 0.3) is 10.0 Å². The summed E-state index contributed by atoms with van der Waals surface area (Å²) in [7, 11) is -2.79. The first-order valence-electron chi connectivity index (χ1n) is 6.13. The number of carbonyl (C=O) groups is 1. The first kappa shape index (κ1) is 17.4. The Balaban J connectivity index is 2.34. The molecule has 0 aliphatic carbocycles. The van der Waals surface area contributed by atoms with Gasteiger partial charge < -0.3 is 9.84 Å². The summed E-state index contributed by atoms with van der Waals surface area (Å²) in [6.45, 7) is 0. The number of hydrogen-bond acceptors (Lipinski definition) is 5. The van der Waals surface area contributed by atoms with Crippen molar-refractivity contribution in [2.45, 2.75) is 4.90 Å². The van der Waals surface area contributed by atoms with Crippen LogP contribution < -0.4 is 4.72 Å². The van der Waals surface area contributed by atoms with Crippen LogP contribution in [-0.4, -0.2) is 26.6 Å². The molecular weight excluding hydrogens is 365 g/mol. The fourth-order valence-corrected chi connectivity index (χ4v) is 3.55. The van der Waals surface area contributed by atoms with Crippen LogP contribution in [0.4, 0.5) is 5.69 Å². The van der Waals surface area contributed by atoms with E-state index in [4.69, 9.17) is 23.2 Å². The van der Waals surface area contributed by atoms with Crippen molar-refractivity contribution in [1.82, 2.24) is 0 Å². The molecule has 2 rings (SSSR count). The highest BCUT2D eigenvalue weighted by molar-refractivity contribution is 7.92. The summed E-state index contributed by atoms with van der Waals surface area (Å²) >= 11 is 11.6. The molecule has 0 radical (unpaired) electrons. The zero-order chi connectivity index (χ0) is 17.2. The average molecular weight is 376 g/mol. The van der Waals surface area contributed by atoms with Gasteiger partial charge in [0.1, 0.15) is 11.3 Å². The van der Waals surface area contributed by atoms with Gasteiger partial charge in [-0.05, 0) is 30.3 Å². The van der Waals surface area contributed by atoms with E-state index in [2.05, 4.69) is 9.46 Å². The van der Waals surface area contributed by atoms with Gasteiger partial charge in [0.15, 0.2) is 0 Å². The normalized spacial score (nSPS) is 11.1. The van der Waals surface area contributed by atoms with Gasteiger partial charge in [-0.2, -0.15) is 0 Å². The molecule has 0 atom stereocenters. The number of anilines is 1. The third-order valence-corrected chi connectivity index (χ3v) is 4.60. The van der Waals surface area contributed by atoms with Gasteiger partial charge in [-0.25, -0.2) is 13.2 Å². The Labute approximate surface area is 142 Å². The predicted octanol–water partition coefficient (Wildman–Crippen LogP) is 3.29. The first-order valence-corrected chi connectivity index (χ1v) is 8.37. The predicted molar refractivity (Wildman–Crippen MR) is 86.7 cm³/mol. The standard InChI is InChI=1S/C14H11Cl2NO5S/c1-22-14(19)12-3-2-10(7-13(12)18)17-23(20,21)11-5-8(15)4-9(16)6-11/h2-7,17-18H,1H3. The molecule has 0 bridgehead atoms. The lowest BCUT2D eigenvalue weighted by atomic mass is 10.2. The highest BCUT2D eigenvalue weighted by atomic mass is 35.5. The summed E-state index contributed by atoms with van der Waals surface area (Å²) in [5, 5.41) is 10.1. The molecule has 2 aromatic rings. The number of rotatable bonds is 4. The highest BCUT2D eigenvalue weighted by Crippen LogP contribution is 2.27. The molecule has 0 aliphatic heterocycles. The number of hydrogen-bond donors (Lipinski definition) is 2. The van der Waals surface area contributed by atoms with Gasteiger partial charge >= 0.3 is 5.97 Å². The quantitative estimate of drug-likeness (QED) is 0.799. The third-order valence-electron chi connectivity index (χ3n) is 2.80. The van der Waals surface area contributed by atoms with Crippen molar-refractivity contribution in [3.8, 4) is 5.75 Å². The van der Waals surface area contributed by atoms with Crippen molar-refractivity contribution in [2.24, 2.45) is 0 Å². The van der Waals surface area contributed by atoms with Gasteiger partial charge in [0.2, 0.25) is 0 Å². The Morgan fingerprint density at radius 1 is 1.13 bits per heavy atom. The Bertz CT molecular complexity index is 847. The van der Waals surface area contributed by atoms with Gasteiger partial charge in [0.05, 0.1) is 17.7 Å². The highest BCUT2D eigenvalue weighted by Gasteiger charge is 2.18. The van der Waals surface area contributed by atoms with Crippen LogP contribution in [0.15, 0.2) is 41.3 Å². The van der Waals surface area contributed by atoms with Gasteiger partial charge in [-0.1, -0.05) is 23.2 Å². The largest absolute Gasteiger partial charge is 0.507 e. The molecule has 0 saturated carbocycles. The van der Waals surface area contributed by atoms with Crippen molar-refractivity contribution in [3.63, 3.8) is 0 Å². The number of aromatic hydroxyl groups is 1. The summed E-state index contributed by atoms with van der Waals surface area (Å²) in [4.78, 5) is 11.2. The number of carbonyl (C=O) groups excluding carboxylic acids is 1. The number of nitrogens with one attached hydrogen (secondary N) is 1. The lowest BCUT2D eigenvalue weighted by molar-refractivity contribution is 0.0597. The van der Waals surface area contributed by atoms with Crippen LogP contribution in [0.25, 0.3) is 0 Å². The number of ether oxygens (including phenoxy) is 1. The van der Waals surface area contributed by atoms with E-state index in [1.54, 1.807) is 0 Å². The minimum absolute atomic E-state index is 0.0613. The molecule has 2 aromatic carbocycles. The molecule has 0 spiro atoms. The minimum Gasteiger partial charge on any atom is -0.507 e. The van der Waals surface area contributed by atoms with Gasteiger partial charge in [-0.3, -0.25) is 4.72 Å². The Kier molecular flexibility index (Phi) is 5.03. The smallest absolute Gasteiger partial charge is 0.341 e. The molecule has 0 unspecified atom stereocenters. The second-order valence-corrected chi connectivity index (χ2v) is 6.99. The maximum Gasteiger partial charge on any atom is 0.341 e. The summed E-state index contributed by atoms with van der Waals surface area (Å²) in [5.41, 5.74) is -0.0208. The van der Waals surface area contributed by atoms with Crippen LogP contribution in [0.5, 0.6) is 5.75 Å². The molecule has 0 saturated heterocycles. The number of methoxy groups -OCH3 is 1. The Morgan fingerprint density at radius 2 is 1.74 bits per heavy atom. The van der Waals surface area contributed by atoms with Crippen molar-refractivity contribution < 1.29 is 23.1 Å². The monoisotopic (exact) mass is 375 g/mol. The molecule has 2 N–H and O–H groups in total. The fourth-order valence-electron chi connectivity index (χ4n) is 1.78. The van der Waals surface area contributed by atoms with E-state index >= 15 is 0 Å². The van der Waals surface area contributed by atoms with E-state index in [-0.39, 0.29) is 26.2 Å². The van der Waals surface area contributed by atoms with Crippen molar-refractivity contribution in [1.29, 1.82) is 0 Å². The molecule has 6 nitrogen and oxygen atoms in total. The lowest BCUT2D eigenvalue weighted by Crippen LogP contribution is -2.13. The summed E-state index contributed by atoms with van der Waals surface area (Å²) in [6.07, 6.45) is 0. The van der Waals surface area contributed by atoms with Gasteiger partial charge in [0, 0.05) is 16.1 Å². The Morgan fingerprint density at radius 3 is 2.26 bits per heavy atom. The summed E-state index contributed by atoms with van der Waals surface area (Å²) in [5.74, 6) is -1.15. The maximum absolute atomic E-state index is 12.3. The summed E-state index contributed by atoms with van der Waals surface area (Å²) < 4.78 is 31.3. The topological polar surface area (TPSA) is 92.7 Å². The number of sulfonamides is 1. The maximum atomic E-state index is 12.3. The number of phenolic OH excluding ortho intramolecular Hbond substituents is 1. The van der Waals surface area contributed by atoms with E-state index in [9.17, 15) is 18.3 Å².